The highest BCUT2D eigenvalue weighted by Crippen LogP contribution is 1.99. The van der Waals surface area contributed by atoms with Crippen molar-refractivity contribution in [2.45, 2.75) is 26.2 Å². The second-order valence-corrected chi connectivity index (χ2v) is 4.67. The Balaban J connectivity index is 3.09. The number of hydrogen-bond acceptors (Lipinski definition) is 5. The summed E-state index contributed by atoms with van der Waals surface area (Å²) in [5, 5.41) is 11.6. The van der Waals surface area contributed by atoms with Crippen molar-refractivity contribution in [2.24, 2.45) is 0 Å². The van der Waals surface area contributed by atoms with Gasteiger partial charge < -0.3 is 15.2 Å². The van der Waals surface area contributed by atoms with Crippen molar-refractivity contribution in [3.63, 3.8) is 0 Å². The highest BCUT2D eigenvalue weighted by atomic mass is 32.2. The van der Waals surface area contributed by atoms with E-state index in [0.717, 1.165) is 37.3 Å². The minimum atomic E-state index is -0.172. The maximum Gasteiger partial charge on any atom is 0.319 e. The fourth-order valence-electron chi connectivity index (χ4n) is 0.985. The molecule has 0 aromatic rings. The first-order valence-electron chi connectivity index (χ1n) is 5.86. The third kappa shape index (κ3) is 11.8. The lowest BCUT2D eigenvalue weighted by Crippen LogP contribution is -2.27. The van der Waals surface area contributed by atoms with E-state index in [4.69, 9.17) is 9.84 Å². The van der Waals surface area contributed by atoms with Gasteiger partial charge >= 0.3 is 5.97 Å². The molecule has 0 saturated carbocycles. The van der Waals surface area contributed by atoms with E-state index in [1.54, 1.807) is 11.8 Å². The first-order chi connectivity index (χ1) is 7.81. The Kier molecular flexibility index (Phi) is 12.6. The third-order valence-electron chi connectivity index (χ3n) is 1.90. The molecule has 0 atom stereocenters. The standard InChI is InChI=1S/C11H23NO3S/c1-2-3-7-15-11(14)10-12-5-9-16-8-4-6-13/h12-13H,2-10H2,1H3. The van der Waals surface area contributed by atoms with Gasteiger partial charge in [-0.15, -0.1) is 0 Å². The number of rotatable bonds is 11. The quantitative estimate of drug-likeness (QED) is 0.423. The second-order valence-electron chi connectivity index (χ2n) is 3.44. The summed E-state index contributed by atoms with van der Waals surface area (Å²) < 4.78 is 4.99. The minimum absolute atomic E-state index is 0.172. The number of unbranched alkanes of at least 4 members (excludes halogenated alkanes) is 1. The smallest absolute Gasteiger partial charge is 0.319 e. The molecule has 0 rings (SSSR count). The largest absolute Gasteiger partial charge is 0.465 e. The molecule has 5 heteroatoms. The van der Waals surface area contributed by atoms with Gasteiger partial charge in [-0.1, -0.05) is 13.3 Å². The van der Waals surface area contributed by atoms with Crippen LogP contribution in [0.4, 0.5) is 0 Å². The topological polar surface area (TPSA) is 58.6 Å². The van der Waals surface area contributed by atoms with Gasteiger partial charge in [0.25, 0.3) is 0 Å². The average molecular weight is 249 g/mol. The van der Waals surface area contributed by atoms with Gasteiger partial charge in [0.1, 0.15) is 0 Å². The number of ether oxygens (including phenoxy) is 1. The molecule has 0 aromatic carbocycles. The summed E-state index contributed by atoms with van der Waals surface area (Å²) in [5.41, 5.74) is 0. The van der Waals surface area contributed by atoms with Gasteiger partial charge in [-0.25, -0.2) is 0 Å². The third-order valence-corrected chi connectivity index (χ3v) is 2.97. The van der Waals surface area contributed by atoms with Crippen LogP contribution in [0.3, 0.4) is 0 Å². The fourth-order valence-corrected chi connectivity index (χ4v) is 1.81. The summed E-state index contributed by atoms with van der Waals surface area (Å²) in [5.74, 6) is 1.76. The first kappa shape index (κ1) is 15.7. The molecule has 16 heavy (non-hydrogen) atoms. The second kappa shape index (κ2) is 12.8. The molecule has 0 spiro atoms. The highest BCUT2D eigenvalue weighted by Gasteiger charge is 2.00. The van der Waals surface area contributed by atoms with Crippen LogP contribution in [0.2, 0.25) is 0 Å². The van der Waals surface area contributed by atoms with Crippen molar-refractivity contribution in [2.75, 3.05) is 37.8 Å². The molecule has 0 saturated heterocycles. The SMILES string of the molecule is CCCCOC(=O)CNCCSCCCO. The average Bonchev–Trinajstić information content (AvgIpc) is 2.28. The Morgan fingerprint density at radius 1 is 1.38 bits per heavy atom. The maximum absolute atomic E-state index is 11.1. The van der Waals surface area contributed by atoms with Gasteiger partial charge in [-0.05, 0) is 18.6 Å². The van der Waals surface area contributed by atoms with Crippen LogP contribution in [-0.2, 0) is 9.53 Å². The van der Waals surface area contributed by atoms with Crippen molar-refractivity contribution in [1.82, 2.24) is 5.32 Å². The zero-order valence-corrected chi connectivity index (χ0v) is 10.9. The van der Waals surface area contributed by atoms with E-state index in [0.29, 0.717) is 13.2 Å². The number of aliphatic hydroxyl groups excluding tert-OH is 1. The van der Waals surface area contributed by atoms with Crippen molar-refractivity contribution in [1.29, 1.82) is 0 Å². The summed E-state index contributed by atoms with van der Waals surface area (Å²) in [4.78, 5) is 11.1. The van der Waals surface area contributed by atoms with Gasteiger partial charge in [0, 0.05) is 18.9 Å². The summed E-state index contributed by atoms with van der Waals surface area (Å²) in [6, 6.07) is 0. The number of carbonyl (C=O) groups is 1. The number of hydrogen-bond donors (Lipinski definition) is 2. The van der Waals surface area contributed by atoms with Gasteiger partial charge in [0.2, 0.25) is 0 Å². The Labute approximate surface area is 102 Å². The molecule has 0 aliphatic rings. The van der Waals surface area contributed by atoms with Crippen molar-refractivity contribution >= 4 is 17.7 Å². The molecular formula is C11H23NO3S. The zero-order chi connectivity index (χ0) is 12.1. The molecule has 0 radical (unpaired) electrons. The predicted octanol–water partition coefficient (Wildman–Crippen LogP) is 1.03. The van der Waals surface area contributed by atoms with Crippen LogP contribution in [0.25, 0.3) is 0 Å². The first-order valence-corrected chi connectivity index (χ1v) is 7.01. The number of nitrogens with one attached hydrogen (secondary N) is 1. The van der Waals surface area contributed by atoms with Crippen LogP contribution in [0.5, 0.6) is 0 Å². The van der Waals surface area contributed by atoms with E-state index in [-0.39, 0.29) is 12.6 Å². The van der Waals surface area contributed by atoms with E-state index in [1.807, 2.05) is 0 Å². The molecule has 0 heterocycles. The fraction of sp³-hybridized carbons (Fsp3) is 0.909. The minimum Gasteiger partial charge on any atom is -0.465 e. The molecule has 0 amide bonds. The monoisotopic (exact) mass is 249 g/mol. The molecule has 2 N–H and O–H groups in total. The van der Waals surface area contributed by atoms with Crippen LogP contribution < -0.4 is 5.32 Å². The van der Waals surface area contributed by atoms with E-state index in [1.165, 1.54) is 0 Å². The van der Waals surface area contributed by atoms with E-state index in [9.17, 15) is 4.79 Å². The Bertz CT molecular complexity index is 167. The van der Waals surface area contributed by atoms with Crippen molar-refractivity contribution in [3.8, 4) is 0 Å². The molecular weight excluding hydrogens is 226 g/mol. The van der Waals surface area contributed by atoms with E-state index >= 15 is 0 Å². The highest BCUT2D eigenvalue weighted by molar-refractivity contribution is 7.99. The van der Waals surface area contributed by atoms with Gasteiger partial charge in [-0.2, -0.15) is 11.8 Å². The maximum atomic E-state index is 11.1. The predicted molar refractivity (Wildman–Crippen MR) is 67.8 cm³/mol. The molecule has 96 valence electrons. The Morgan fingerprint density at radius 2 is 2.19 bits per heavy atom. The number of thioether (sulfide) groups is 1. The number of aliphatic hydroxyl groups is 1. The van der Waals surface area contributed by atoms with Crippen LogP contribution in [0, 0.1) is 0 Å². The summed E-state index contributed by atoms with van der Waals surface area (Å²) >= 11 is 1.78. The molecule has 0 bridgehead atoms. The van der Waals surface area contributed by atoms with Gasteiger partial charge in [0.05, 0.1) is 13.2 Å². The molecule has 0 aromatic heterocycles. The van der Waals surface area contributed by atoms with Crippen LogP contribution in [-0.4, -0.2) is 48.9 Å². The van der Waals surface area contributed by atoms with Crippen LogP contribution >= 0.6 is 11.8 Å². The molecule has 0 fully saturated rings. The summed E-state index contributed by atoms with van der Waals surface area (Å²) in [6.07, 6.45) is 2.81. The van der Waals surface area contributed by atoms with Crippen LogP contribution in [0.15, 0.2) is 0 Å². The van der Waals surface area contributed by atoms with Gasteiger partial charge in [-0.3, -0.25) is 4.79 Å². The van der Waals surface area contributed by atoms with Gasteiger partial charge in [0.15, 0.2) is 0 Å². The molecule has 0 aliphatic heterocycles. The number of carbonyl (C=O) groups excluding carboxylic acids is 1. The zero-order valence-electron chi connectivity index (χ0n) is 10.0. The van der Waals surface area contributed by atoms with Crippen molar-refractivity contribution in [3.05, 3.63) is 0 Å². The number of esters is 1. The van der Waals surface area contributed by atoms with E-state index in [2.05, 4.69) is 12.2 Å². The van der Waals surface area contributed by atoms with Crippen molar-refractivity contribution < 1.29 is 14.6 Å². The Hall–Kier alpha value is -0.260. The molecule has 0 unspecified atom stereocenters. The van der Waals surface area contributed by atoms with E-state index < -0.39 is 0 Å². The van der Waals surface area contributed by atoms with Crippen LogP contribution in [0.1, 0.15) is 26.2 Å². The normalized spacial score (nSPS) is 10.4. The lowest BCUT2D eigenvalue weighted by Gasteiger charge is -2.05. The lowest BCUT2D eigenvalue weighted by molar-refractivity contribution is -0.142. The molecule has 0 aliphatic carbocycles. The lowest BCUT2D eigenvalue weighted by atomic mass is 10.4. The Morgan fingerprint density at radius 3 is 2.88 bits per heavy atom. The summed E-state index contributed by atoms with van der Waals surface area (Å²) in [6.45, 7) is 3.95. The molecule has 4 nitrogen and oxygen atoms in total. The summed E-state index contributed by atoms with van der Waals surface area (Å²) in [7, 11) is 0.